The van der Waals surface area contributed by atoms with Crippen molar-refractivity contribution in [3.05, 3.63) is 35.9 Å². The average molecular weight is 256 g/mol. The second-order valence-corrected chi connectivity index (χ2v) is 4.72. The second-order valence-electron chi connectivity index (χ2n) is 3.65. The molecule has 4 nitrogen and oxygen atoms in total. The van der Waals surface area contributed by atoms with E-state index in [1.165, 1.54) is 0 Å². The summed E-state index contributed by atoms with van der Waals surface area (Å²) >= 11 is -2.12. The molecule has 0 bridgehead atoms. The Hall–Kier alpha value is -1.20. The normalized spacial score (nSPS) is 14.0. The molecule has 5 heteroatoms. The van der Waals surface area contributed by atoms with Crippen LogP contribution in [0.1, 0.15) is 25.3 Å². The van der Waals surface area contributed by atoms with Gasteiger partial charge in [-0.05, 0) is 12.0 Å². The molecular weight excluding hydrogens is 240 g/mol. The molecule has 94 valence electrons. The molecule has 2 unspecified atom stereocenters. The fourth-order valence-corrected chi connectivity index (χ4v) is 2.01. The summed E-state index contributed by atoms with van der Waals surface area (Å²) < 4.78 is 24.8. The van der Waals surface area contributed by atoms with Gasteiger partial charge in [0.25, 0.3) is 0 Å². The molecule has 1 aromatic rings. The molecule has 0 amide bonds. The highest BCUT2D eigenvalue weighted by Crippen LogP contribution is 2.08. The molecule has 0 heterocycles. The molecule has 0 saturated carbocycles. The van der Waals surface area contributed by atoms with Gasteiger partial charge in [0.15, 0.2) is 11.1 Å². The molecule has 0 spiro atoms. The summed E-state index contributed by atoms with van der Waals surface area (Å²) in [5.74, 6) is -0.475. The predicted octanol–water partition coefficient (Wildman–Crippen LogP) is 2.12. The van der Waals surface area contributed by atoms with Gasteiger partial charge < -0.3 is 9.29 Å². The Balaban J connectivity index is 2.51. The molecule has 0 radical (unpaired) electrons. The molecule has 0 aromatic heterocycles. The molecule has 1 rings (SSSR count). The molecule has 1 aromatic carbocycles. The smallest absolute Gasteiger partial charge is 0.311 e. The van der Waals surface area contributed by atoms with Gasteiger partial charge in [-0.3, -0.25) is 4.79 Å². The lowest BCUT2D eigenvalue weighted by atomic mass is 10.2. The number of rotatable bonds is 6. The van der Waals surface area contributed by atoms with Crippen molar-refractivity contribution >= 4 is 17.0 Å². The van der Waals surface area contributed by atoms with Crippen LogP contribution in [0, 0.1) is 0 Å². The number of esters is 1. The van der Waals surface area contributed by atoms with Crippen molar-refractivity contribution in [2.24, 2.45) is 0 Å². The minimum Gasteiger partial charge on any atom is -0.446 e. The van der Waals surface area contributed by atoms with Crippen LogP contribution in [0.5, 0.6) is 0 Å². The molecule has 1 N–H and O–H groups in total. The molecule has 0 saturated heterocycles. The Morgan fingerprint density at radius 3 is 2.59 bits per heavy atom. The van der Waals surface area contributed by atoms with E-state index < -0.39 is 22.5 Å². The third kappa shape index (κ3) is 5.10. The molecule has 17 heavy (non-hydrogen) atoms. The van der Waals surface area contributed by atoms with Gasteiger partial charge in [-0.2, -0.15) is 0 Å². The summed E-state index contributed by atoms with van der Waals surface area (Å²) in [6.07, 6.45) is 1.21. The monoisotopic (exact) mass is 256 g/mol. The SMILES string of the molecule is CCCC(OC(=O)Cc1ccccc1)S(=O)O. The van der Waals surface area contributed by atoms with E-state index in [1.807, 2.05) is 37.3 Å². The highest BCUT2D eigenvalue weighted by molar-refractivity contribution is 7.79. The molecule has 0 aliphatic carbocycles. The third-order valence-corrected chi connectivity index (χ3v) is 2.99. The molecular formula is C12H16O4S. The van der Waals surface area contributed by atoms with Gasteiger partial charge in [0.1, 0.15) is 0 Å². The minimum absolute atomic E-state index is 0.123. The van der Waals surface area contributed by atoms with Crippen LogP contribution in [0.4, 0.5) is 0 Å². The molecule has 0 aliphatic heterocycles. The quantitative estimate of drug-likeness (QED) is 0.625. The fourth-order valence-electron chi connectivity index (χ4n) is 1.39. The lowest BCUT2D eigenvalue weighted by Crippen LogP contribution is -2.23. The van der Waals surface area contributed by atoms with E-state index in [2.05, 4.69) is 0 Å². The Morgan fingerprint density at radius 1 is 1.41 bits per heavy atom. The first-order chi connectivity index (χ1) is 8.13. The van der Waals surface area contributed by atoms with Gasteiger partial charge in [-0.1, -0.05) is 43.7 Å². The van der Waals surface area contributed by atoms with Gasteiger partial charge in [-0.25, -0.2) is 4.21 Å². The van der Waals surface area contributed by atoms with E-state index in [9.17, 15) is 9.00 Å². The van der Waals surface area contributed by atoms with E-state index in [0.29, 0.717) is 12.8 Å². The average Bonchev–Trinajstić information content (AvgIpc) is 2.29. The van der Waals surface area contributed by atoms with Crippen molar-refractivity contribution < 1.29 is 18.3 Å². The second kappa shape index (κ2) is 7.19. The van der Waals surface area contributed by atoms with Gasteiger partial charge in [0, 0.05) is 0 Å². The maximum atomic E-state index is 11.5. The summed E-state index contributed by atoms with van der Waals surface area (Å²) in [6.45, 7) is 1.87. The summed E-state index contributed by atoms with van der Waals surface area (Å²) in [5.41, 5.74) is -0.0901. The van der Waals surface area contributed by atoms with Crippen molar-refractivity contribution in [2.45, 2.75) is 31.6 Å². The van der Waals surface area contributed by atoms with Crippen LogP contribution >= 0.6 is 0 Å². The Morgan fingerprint density at radius 2 is 2.06 bits per heavy atom. The maximum Gasteiger partial charge on any atom is 0.311 e. The Kier molecular flexibility index (Phi) is 5.86. The topological polar surface area (TPSA) is 63.6 Å². The number of hydrogen-bond donors (Lipinski definition) is 1. The zero-order chi connectivity index (χ0) is 12.7. The third-order valence-electron chi connectivity index (χ3n) is 2.20. The van der Waals surface area contributed by atoms with Crippen LogP contribution in [0.15, 0.2) is 30.3 Å². The standard InChI is InChI=1S/C12H16O4S/c1-2-6-12(17(14)15)16-11(13)9-10-7-4-3-5-8-10/h3-5,7-8,12H,2,6,9H2,1H3,(H,14,15). The number of benzene rings is 1. The number of carbonyl (C=O) groups excluding carboxylic acids is 1. The first kappa shape index (κ1) is 13.9. The van der Waals surface area contributed by atoms with Crippen LogP contribution in [-0.2, 0) is 27.0 Å². The summed E-state index contributed by atoms with van der Waals surface area (Å²) in [6, 6.07) is 9.14. The lowest BCUT2D eigenvalue weighted by molar-refractivity contribution is -0.144. The van der Waals surface area contributed by atoms with Crippen molar-refractivity contribution in [3.63, 3.8) is 0 Å². The van der Waals surface area contributed by atoms with Gasteiger partial charge in [0.05, 0.1) is 6.42 Å². The molecule has 0 fully saturated rings. The fraction of sp³-hybridized carbons (Fsp3) is 0.417. The minimum atomic E-state index is -2.12. The highest BCUT2D eigenvalue weighted by Gasteiger charge is 2.19. The van der Waals surface area contributed by atoms with Crippen LogP contribution in [0.2, 0.25) is 0 Å². The Bertz CT molecular complexity index is 377. The van der Waals surface area contributed by atoms with Crippen LogP contribution < -0.4 is 0 Å². The predicted molar refractivity (Wildman–Crippen MR) is 65.7 cm³/mol. The number of ether oxygens (including phenoxy) is 1. The lowest BCUT2D eigenvalue weighted by Gasteiger charge is -2.13. The zero-order valence-electron chi connectivity index (χ0n) is 9.67. The van der Waals surface area contributed by atoms with E-state index in [4.69, 9.17) is 9.29 Å². The van der Waals surface area contributed by atoms with Crippen molar-refractivity contribution in [1.82, 2.24) is 0 Å². The van der Waals surface area contributed by atoms with Crippen LogP contribution in [0.3, 0.4) is 0 Å². The van der Waals surface area contributed by atoms with E-state index >= 15 is 0 Å². The van der Waals surface area contributed by atoms with Crippen molar-refractivity contribution in [3.8, 4) is 0 Å². The largest absolute Gasteiger partial charge is 0.446 e. The van der Waals surface area contributed by atoms with Crippen molar-refractivity contribution in [1.29, 1.82) is 0 Å². The summed E-state index contributed by atoms with van der Waals surface area (Å²) in [7, 11) is 0. The van der Waals surface area contributed by atoms with Gasteiger partial charge >= 0.3 is 5.97 Å². The Labute approximate surface area is 103 Å². The summed E-state index contributed by atoms with van der Waals surface area (Å²) in [4.78, 5) is 11.5. The van der Waals surface area contributed by atoms with Crippen LogP contribution in [-0.4, -0.2) is 20.2 Å². The first-order valence-electron chi connectivity index (χ1n) is 5.46. The summed E-state index contributed by atoms with van der Waals surface area (Å²) in [5, 5.41) is 0. The van der Waals surface area contributed by atoms with Crippen LogP contribution in [0.25, 0.3) is 0 Å². The molecule has 0 aliphatic rings. The number of hydrogen-bond acceptors (Lipinski definition) is 3. The number of carbonyl (C=O) groups is 1. The van der Waals surface area contributed by atoms with Gasteiger partial charge in [0.2, 0.25) is 5.44 Å². The van der Waals surface area contributed by atoms with E-state index in [1.54, 1.807) is 0 Å². The first-order valence-corrected chi connectivity index (χ1v) is 6.63. The van der Waals surface area contributed by atoms with E-state index in [0.717, 1.165) is 5.56 Å². The molecule has 2 atom stereocenters. The van der Waals surface area contributed by atoms with Crippen molar-refractivity contribution in [2.75, 3.05) is 0 Å². The van der Waals surface area contributed by atoms with Gasteiger partial charge in [-0.15, -0.1) is 0 Å². The van der Waals surface area contributed by atoms with E-state index in [-0.39, 0.29) is 6.42 Å². The maximum absolute atomic E-state index is 11.5. The highest BCUT2D eigenvalue weighted by atomic mass is 32.2. The zero-order valence-corrected chi connectivity index (χ0v) is 10.5.